The second-order valence-corrected chi connectivity index (χ2v) is 2.19. The zero-order valence-corrected chi connectivity index (χ0v) is 5.50. The van der Waals surface area contributed by atoms with Crippen molar-refractivity contribution in [1.82, 2.24) is 0 Å². The molecule has 2 heteroatoms. The Balaban J connectivity index is 2.65. The number of nitrogens with two attached hydrogens (primary N) is 1. The van der Waals surface area contributed by atoms with Crippen LogP contribution in [0.25, 0.3) is 0 Å². The Kier molecular flexibility index (Phi) is 1.90. The van der Waals surface area contributed by atoms with Crippen molar-refractivity contribution in [1.29, 1.82) is 0 Å². The standard InChI is InChI=1S/C7H11NO/c1-6(4-8)7-2-3-9-5-7/h2-3,5-6H,4,8H2,1H3. The Morgan fingerprint density at radius 2 is 2.56 bits per heavy atom. The Hall–Kier alpha value is -0.760. The first-order valence-corrected chi connectivity index (χ1v) is 3.06. The average molecular weight is 125 g/mol. The molecule has 1 aromatic heterocycles. The third-order valence-electron chi connectivity index (χ3n) is 1.47. The van der Waals surface area contributed by atoms with Crippen LogP contribution in [0, 0.1) is 0 Å². The quantitative estimate of drug-likeness (QED) is 0.647. The highest BCUT2D eigenvalue weighted by molar-refractivity contribution is 5.11. The first-order valence-electron chi connectivity index (χ1n) is 3.06. The van der Waals surface area contributed by atoms with Crippen molar-refractivity contribution >= 4 is 0 Å². The molecule has 0 spiro atoms. The smallest absolute Gasteiger partial charge is 0.0937 e. The van der Waals surface area contributed by atoms with Gasteiger partial charge in [-0.2, -0.15) is 0 Å². The topological polar surface area (TPSA) is 39.2 Å². The van der Waals surface area contributed by atoms with Crippen molar-refractivity contribution in [3.8, 4) is 0 Å². The van der Waals surface area contributed by atoms with Gasteiger partial charge in [-0.05, 0) is 24.1 Å². The summed E-state index contributed by atoms with van der Waals surface area (Å²) in [4.78, 5) is 0. The molecule has 9 heavy (non-hydrogen) atoms. The minimum absolute atomic E-state index is 0.420. The summed E-state index contributed by atoms with van der Waals surface area (Å²) >= 11 is 0. The van der Waals surface area contributed by atoms with Crippen molar-refractivity contribution in [3.63, 3.8) is 0 Å². The molecule has 0 aliphatic carbocycles. The number of hydrogen-bond acceptors (Lipinski definition) is 2. The van der Waals surface area contributed by atoms with Gasteiger partial charge in [0, 0.05) is 0 Å². The van der Waals surface area contributed by atoms with Crippen molar-refractivity contribution in [2.45, 2.75) is 12.8 Å². The molecule has 1 rings (SSSR count). The van der Waals surface area contributed by atoms with E-state index in [1.807, 2.05) is 6.07 Å². The van der Waals surface area contributed by atoms with E-state index in [9.17, 15) is 0 Å². The Morgan fingerprint density at radius 1 is 1.78 bits per heavy atom. The van der Waals surface area contributed by atoms with Crippen molar-refractivity contribution in [2.24, 2.45) is 5.73 Å². The molecule has 1 aromatic rings. The predicted octanol–water partition coefficient (Wildman–Crippen LogP) is 1.34. The summed E-state index contributed by atoms with van der Waals surface area (Å²) in [6.45, 7) is 2.75. The van der Waals surface area contributed by atoms with Crippen molar-refractivity contribution in [2.75, 3.05) is 6.54 Å². The summed E-state index contributed by atoms with van der Waals surface area (Å²) in [6, 6.07) is 1.94. The molecule has 0 saturated carbocycles. The Bertz CT molecular complexity index is 157. The third-order valence-corrected chi connectivity index (χ3v) is 1.47. The van der Waals surface area contributed by atoms with E-state index in [1.165, 1.54) is 5.56 Å². The van der Waals surface area contributed by atoms with E-state index in [1.54, 1.807) is 12.5 Å². The van der Waals surface area contributed by atoms with Crippen LogP contribution < -0.4 is 5.73 Å². The number of rotatable bonds is 2. The summed E-state index contributed by atoms with van der Waals surface area (Å²) in [5, 5.41) is 0. The molecule has 0 bridgehead atoms. The van der Waals surface area contributed by atoms with Crippen LogP contribution in [0.15, 0.2) is 23.0 Å². The van der Waals surface area contributed by atoms with Crippen LogP contribution >= 0.6 is 0 Å². The lowest BCUT2D eigenvalue weighted by molar-refractivity contribution is 0.560. The van der Waals surface area contributed by atoms with Crippen LogP contribution in [-0.4, -0.2) is 6.54 Å². The molecule has 2 nitrogen and oxygen atoms in total. The largest absolute Gasteiger partial charge is 0.472 e. The Morgan fingerprint density at radius 3 is 3.00 bits per heavy atom. The van der Waals surface area contributed by atoms with Gasteiger partial charge in [-0.1, -0.05) is 6.92 Å². The minimum Gasteiger partial charge on any atom is -0.472 e. The third kappa shape index (κ3) is 1.33. The molecule has 1 atom stereocenters. The fourth-order valence-electron chi connectivity index (χ4n) is 0.691. The van der Waals surface area contributed by atoms with Crippen LogP contribution in [0.5, 0.6) is 0 Å². The van der Waals surface area contributed by atoms with Gasteiger partial charge in [0.25, 0.3) is 0 Å². The van der Waals surface area contributed by atoms with E-state index >= 15 is 0 Å². The Labute approximate surface area is 54.7 Å². The molecule has 0 aromatic carbocycles. The van der Waals surface area contributed by atoms with Gasteiger partial charge < -0.3 is 10.2 Å². The lowest BCUT2D eigenvalue weighted by atomic mass is 10.1. The monoisotopic (exact) mass is 125 g/mol. The highest BCUT2D eigenvalue weighted by Gasteiger charge is 2.01. The maximum Gasteiger partial charge on any atom is 0.0937 e. The zero-order valence-electron chi connectivity index (χ0n) is 5.50. The molecule has 0 saturated heterocycles. The fraction of sp³-hybridized carbons (Fsp3) is 0.429. The molecule has 1 heterocycles. The van der Waals surface area contributed by atoms with E-state index in [-0.39, 0.29) is 0 Å². The molecule has 50 valence electrons. The van der Waals surface area contributed by atoms with E-state index < -0.39 is 0 Å². The average Bonchev–Trinajstić information content (AvgIpc) is 2.37. The summed E-state index contributed by atoms with van der Waals surface area (Å²) in [5.74, 6) is 0.420. The van der Waals surface area contributed by atoms with Crippen LogP contribution in [0.1, 0.15) is 18.4 Å². The van der Waals surface area contributed by atoms with Crippen molar-refractivity contribution < 1.29 is 4.42 Å². The molecule has 0 aliphatic rings. The van der Waals surface area contributed by atoms with Gasteiger partial charge in [0.2, 0.25) is 0 Å². The van der Waals surface area contributed by atoms with Crippen LogP contribution in [-0.2, 0) is 0 Å². The molecular formula is C7H11NO. The van der Waals surface area contributed by atoms with E-state index in [0.717, 1.165) is 0 Å². The number of hydrogen-bond donors (Lipinski definition) is 1. The van der Waals surface area contributed by atoms with Gasteiger partial charge in [-0.25, -0.2) is 0 Å². The van der Waals surface area contributed by atoms with Gasteiger partial charge in [0.05, 0.1) is 12.5 Å². The van der Waals surface area contributed by atoms with Crippen LogP contribution in [0.2, 0.25) is 0 Å². The lowest BCUT2D eigenvalue weighted by Gasteiger charge is -2.01. The van der Waals surface area contributed by atoms with E-state index in [2.05, 4.69) is 6.92 Å². The van der Waals surface area contributed by atoms with Gasteiger partial charge in [0.1, 0.15) is 0 Å². The van der Waals surface area contributed by atoms with Crippen molar-refractivity contribution in [3.05, 3.63) is 24.2 Å². The lowest BCUT2D eigenvalue weighted by Crippen LogP contribution is -2.07. The number of furan rings is 1. The second kappa shape index (κ2) is 2.69. The highest BCUT2D eigenvalue weighted by Crippen LogP contribution is 2.12. The molecule has 0 amide bonds. The van der Waals surface area contributed by atoms with Crippen LogP contribution in [0.3, 0.4) is 0 Å². The first-order chi connectivity index (χ1) is 4.34. The molecule has 2 N–H and O–H groups in total. The molecule has 0 radical (unpaired) electrons. The SMILES string of the molecule is CC(CN)c1ccoc1. The van der Waals surface area contributed by atoms with Gasteiger partial charge in [-0.3, -0.25) is 0 Å². The normalized spacial score (nSPS) is 13.6. The molecule has 1 unspecified atom stereocenters. The molecule has 0 aliphatic heterocycles. The maximum absolute atomic E-state index is 5.42. The fourth-order valence-corrected chi connectivity index (χ4v) is 0.691. The maximum atomic E-state index is 5.42. The highest BCUT2D eigenvalue weighted by atomic mass is 16.3. The predicted molar refractivity (Wildman–Crippen MR) is 36.2 cm³/mol. The molecular weight excluding hydrogens is 114 g/mol. The summed E-state index contributed by atoms with van der Waals surface area (Å²) < 4.78 is 4.88. The zero-order chi connectivity index (χ0) is 6.69. The first kappa shape index (κ1) is 6.36. The van der Waals surface area contributed by atoms with Gasteiger partial charge in [0.15, 0.2) is 0 Å². The van der Waals surface area contributed by atoms with E-state index in [4.69, 9.17) is 10.2 Å². The van der Waals surface area contributed by atoms with Gasteiger partial charge in [-0.15, -0.1) is 0 Å². The summed E-state index contributed by atoms with van der Waals surface area (Å²) in [6.07, 6.45) is 3.40. The molecule has 0 fully saturated rings. The van der Waals surface area contributed by atoms with E-state index in [0.29, 0.717) is 12.5 Å². The van der Waals surface area contributed by atoms with Gasteiger partial charge >= 0.3 is 0 Å². The minimum atomic E-state index is 0.420. The second-order valence-electron chi connectivity index (χ2n) is 2.19. The summed E-state index contributed by atoms with van der Waals surface area (Å²) in [5.41, 5.74) is 6.60. The summed E-state index contributed by atoms with van der Waals surface area (Å²) in [7, 11) is 0. The van der Waals surface area contributed by atoms with Crippen LogP contribution in [0.4, 0.5) is 0 Å².